The zero-order valence-electron chi connectivity index (χ0n) is 15.8. The number of benzene rings is 2. The Kier molecular flexibility index (Phi) is 5.08. The van der Waals surface area contributed by atoms with Gasteiger partial charge in [-0.3, -0.25) is 9.35 Å². The van der Waals surface area contributed by atoms with Gasteiger partial charge in [0.1, 0.15) is 18.2 Å². The first-order valence-corrected chi connectivity index (χ1v) is 11.0. The van der Waals surface area contributed by atoms with Gasteiger partial charge in [-0.25, -0.2) is 4.39 Å². The Bertz CT molecular complexity index is 1010. The molecule has 0 unspecified atom stereocenters. The Morgan fingerprint density at radius 1 is 1.17 bits per heavy atom. The Balaban J connectivity index is 1.35. The van der Waals surface area contributed by atoms with Crippen LogP contribution >= 0.6 is 0 Å². The molecule has 1 saturated carbocycles. The van der Waals surface area contributed by atoms with E-state index in [0.29, 0.717) is 38.3 Å². The van der Waals surface area contributed by atoms with E-state index in [0.717, 1.165) is 5.56 Å². The van der Waals surface area contributed by atoms with Gasteiger partial charge in [0.2, 0.25) is 0 Å². The van der Waals surface area contributed by atoms with E-state index in [2.05, 4.69) is 0 Å². The lowest BCUT2D eigenvalue weighted by Gasteiger charge is -2.59. The highest BCUT2D eigenvalue weighted by molar-refractivity contribution is 7.85. The molecule has 0 bridgehead atoms. The van der Waals surface area contributed by atoms with Crippen molar-refractivity contribution in [2.45, 2.75) is 19.4 Å². The number of carbonyl (C=O) groups is 1. The normalized spacial score (nSPS) is 18.2. The lowest BCUT2D eigenvalue weighted by Crippen LogP contribution is -2.64. The van der Waals surface area contributed by atoms with Crippen molar-refractivity contribution in [2.75, 3.05) is 18.8 Å². The number of rotatable bonds is 6. The van der Waals surface area contributed by atoms with Crippen LogP contribution in [0.25, 0.3) is 0 Å². The summed E-state index contributed by atoms with van der Waals surface area (Å²) >= 11 is 0. The largest absolute Gasteiger partial charge is 0.489 e. The van der Waals surface area contributed by atoms with E-state index in [-0.39, 0.29) is 22.6 Å². The Hall–Kier alpha value is -2.45. The summed E-state index contributed by atoms with van der Waals surface area (Å²) in [7, 11) is -3.97. The van der Waals surface area contributed by atoms with Gasteiger partial charge in [-0.05, 0) is 42.5 Å². The highest BCUT2D eigenvalue weighted by Gasteiger charge is 2.54. The van der Waals surface area contributed by atoms with Crippen molar-refractivity contribution < 1.29 is 26.9 Å². The van der Waals surface area contributed by atoms with Crippen LogP contribution in [0.2, 0.25) is 0 Å². The van der Waals surface area contributed by atoms with Crippen LogP contribution in [0.4, 0.5) is 4.39 Å². The van der Waals surface area contributed by atoms with Crippen LogP contribution < -0.4 is 4.74 Å². The molecule has 2 aromatic rings. The summed E-state index contributed by atoms with van der Waals surface area (Å²) in [6.07, 6.45) is 1.30. The Morgan fingerprint density at radius 2 is 1.86 bits per heavy atom. The molecule has 1 saturated heterocycles. The predicted octanol–water partition coefficient (Wildman–Crippen LogP) is 3.14. The van der Waals surface area contributed by atoms with E-state index in [1.54, 1.807) is 4.90 Å². The first kappa shape index (κ1) is 19.8. The van der Waals surface area contributed by atoms with Gasteiger partial charge in [-0.2, -0.15) is 8.42 Å². The molecule has 0 atom stereocenters. The smallest absolute Gasteiger partial charge is 0.265 e. The first-order chi connectivity index (χ1) is 13.7. The van der Waals surface area contributed by atoms with E-state index in [1.165, 1.54) is 18.2 Å². The quantitative estimate of drug-likeness (QED) is 0.728. The fraction of sp³-hybridized carbons (Fsp3) is 0.381. The second-order valence-electron chi connectivity index (χ2n) is 8.10. The van der Waals surface area contributed by atoms with Crippen molar-refractivity contribution >= 4 is 16.0 Å². The molecule has 1 spiro atoms. The molecule has 1 amide bonds. The maximum atomic E-state index is 14.2. The number of ether oxygens (including phenoxy) is 1. The van der Waals surface area contributed by atoms with E-state index < -0.39 is 21.8 Å². The zero-order valence-corrected chi connectivity index (χ0v) is 16.6. The van der Waals surface area contributed by atoms with E-state index in [9.17, 15) is 17.6 Å². The molecule has 2 aromatic carbocycles. The Labute approximate surface area is 169 Å². The number of nitrogens with zero attached hydrogens (tertiary/aromatic N) is 1. The number of halogens is 1. The Morgan fingerprint density at radius 3 is 2.52 bits per heavy atom. The third-order valence-electron chi connectivity index (χ3n) is 5.65. The summed E-state index contributed by atoms with van der Waals surface area (Å²) in [5.74, 6) is -0.880. The van der Waals surface area contributed by atoms with Crippen LogP contribution in [0.1, 0.15) is 28.8 Å². The molecule has 8 heteroatoms. The van der Waals surface area contributed by atoms with Gasteiger partial charge in [0.15, 0.2) is 0 Å². The maximum absolute atomic E-state index is 14.2. The third kappa shape index (κ3) is 4.43. The molecule has 4 rings (SSSR count). The average Bonchev–Trinajstić information content (AvgIpc) is 2.61. The molecule has 0 aromatic heterocycles. The van der Waals surface area contributed by atoms with Gasteiger partial charge < -0.3 is 9.64 Å². The highest BCUT2D eigenvalue weighted by atomic mass is 32.2. The van der Waals surface area contributed by atoms with Crippen molar-refractivity contribution in [3.8, 4) is 5.75 Å². The molecular weight excluding hydrogens is 397 g/mol. The van der Waals surface area contributed by atoms with E-state index in [4.69, 9.17) is 9.29 Å². The summed E-state index contributed by atoms with van der Waals surface area (Å²) in [6, 6.07) is 13.7. The molecule has 6 nitrogen and oxygen atoms in total. The fourth-order valence-electron chi connectivity index (χ4n) is 4.42. The number of amides is 1. The van der Waals surface area contributed by atoms with Gasteiger partial charge in [-0.15, -0.1) is 0 Å². The minimum Gasteiger partial charge on any atom is -0.489 e. The molecule has 1 aliphatic carbocycles. The van der Waals surface area contributed by atoms with Crippen LogP contribution in [0, 0.1) is 17.2 Å². The summed E-state index contributed by atoms with van der Waals surface area (Å²) in [5.41, 5.74) is 0.848. The minimum atomic E-state index is -3.97. The van der Waals surface area contributed by atoms with Crippen molar-refractivity contribution in [2.24, 2.45) is 11.3 Å². The van der Waals surface area contributed by atoms with Crippen molar-refractivity contribution in [1.82, 2.24) is 4.90 Å². The van der Waals surface area contributed by atoms with Crippen LogP contribution in [-0.4, -0.2) is 42.6 Å². The van der Waals surface area contributed by atoms with Gasteiger partial charge >= 0.3 is 0 Å². The van der Waals surface area contributed by atoms with Crippen LogP contribution in [0.5, 0.6) is 5.75 Å². The second kappa shape index (κ2) is 7.42. The summed E-state index contributed by atoms with van der Waals surface area (Å²) in [6.45, 7) is 1.27. The molecular formula is C21H22FNO5S. The maximum Gasteiger partial charge on any atom is 0.265 e. The fourth-order valence-corrected chi connectivity index (χ4v) is 5.25. The molecule has 2 fully saturated rings. The van der Waals surface area contributed by atoms with Crippen molar-refractivity contribution in [3.63, 3.8) is 0 Å². The minimum absolute atomic E-state index is 0.0285. The topological polar surface area (TPSA) is 83.9 Å². The van der Waals surface area contributed by atoms with Gasteiger partial charge in [-0.1, -0.05) is 30.3 Å². The standard InChI is InChI=1S/C21H22FNO5S/c22-19-7-6-17(28-11-15-4-2-1-3-5-15)8-18(19)20(24)23-13-21(14-23)9-16(10-21)12-29(25,26)27/h1-8,16H,9-14H2,(H,25,26,27). The summed E-state index contributed by atoms with van der Waals surface area (Å²) in [5, 5.41) is 0. The molecule has 2 aliphatic rings. The summed E-state index contributed by atoms with van der Waals surface area (Å²) in [4.78, 5) is 14.3. The number of likely N-dealkylation sites (tertiary alicyclic amines) is 1. The lowest BCUT2D eigenvalue weighted by atomic mass is 9.58. The van der Waals surface area contributed by atoms with Gasteiger partial charge in [0, 0.05) is 18.5 Å². The monoisotopic (exact) mass is 419 g/mol. The van der Waals surface area contributed by atoms with Gasteiger partial charge in [0.05, 0.1) is 11.3 Å². The van der Waals surface area contributed by atoms with E-state index in [1.807, 2.05) is 30.3 Å². The lowest BCUT2D eigenvalue weighted by molar-refractivity contribution is -0.0706. The highest BCUT2D eigenvalue weighted by Crippen LogP contribution is 2.52. The van der Waals surface area contributed by atoms with Crippen LogP contribution in [0.15, 0.2) is 48.5 Å². The third-order valence-corrected chi connectivity index (χ3v) is 6.54. The van der Waals surface area contributed by atoms with Crippen LogP contribution in [-0.2, 0) is 16.7 Å². The molecule has 154 valence electrons. The average molecular weight is 419 g/mol. The first-order valence-electron chi connectivity index (χ1n) is 9.44. The number of hydrogen-bond donors (Lipinski definition) is 1. The van der Waals surface area contributed by atoms with Crippen molar-refractivity contribution in [1.29, 1.82) is 0 Å². The number of hydrogen-bond acceptors (Lipinski definition) is 4. The second-order valence-corrected chi connectivity index (χ2v) is 9.60. The summed E-state index contributed by atoms with van der Waals surface area (Å²) < 4.78 is 50.8. The van der Waals surface area contributed by atoms with Crippen molar-refractivity contribution in [3.05, 3.63) is 65.5 Å². The predicted molar refractivity (Wildman–Crippen MR) is 105 cm³/mol. The van der Waals surface area contributed by atoms with Crippen LogP contribution in [0.3, 0.4) is 0 Å². The molecule has 1 heterocycles. The van der Waals surface area contributed by atoms with E-state index >= 15 is 0 Å². The molecule has 1 N–H and O–H groups in total. The molecule has 0 radical (unpaired) electrons. The zero-order chi connectivity index (χ0) is 20.6. The SMILES string of the molecule is O=C(c1cc(OCc2ccccc2)ccc1F)N1CC2(CC(CS(=O)(=O)O)C2)C1. The molecule has 1 aliphatic heterocycles. The van der Waals surface area contributed by atoms with Gasteiger partial charge in [0.25, 0.3) is 16.0 Å². The number of carbonyl (C=O) groups excluding carboxylic acids is 1. The molecule has 29 heavy (non-hydrogen) atoms.